The first kappa shape index (κ1) is 12.0. The molecule has 0 saturated carbocycles. The van der Waals surface area contributed by atoms with Gasteiger partial charge in [0.25, 0.3) is 0 Å². The summed E-state index contributed by atoms with van der Waals surface area (Å²) in [6, 6.07) is 2.71. The van der Waals surface area contributed by atoms with E-state index in [1.165, 1.54) is 12.1 Å². The maximum Gasteiger partial charge on any atom is 0.144 e. The van der Waals surface area contributed by atoms with E-state index in [1.54, 1.807) is 0 Å². The first-order chi connectivity index (χ1) is 7.58. The van der Waals surface area contributed by atoms with Gasteiger partial charge in [-0.25, -0.2) is 8.78 Å². The van der Waals surface area contributed by atoms with Gasteiger partial charge in [-0.1, -0.05) is 6.92 Å². The molecule has 16 heavy (non-hydrogen) atoms. The van der Waals surface area contributed by atoms with Gasteiger partial charge in [-0.15, -0.1) is 0 Å². The lowest BCUT2D eigenvalue weighted by Crippen LogP contribution is -2.21. The second kappa shape index (κ2) is 4.80. The minimum Gasteiger partial charge on any atom is -0.299 e. The maximum atomic E-state index is 13.7. The first-order valence-electron chi connectivity index (χ1n) is 5.42. The maximum absolute atomic E-state index is 13.7. The monoisotopic (exact) mass is 289 g/mol. The van der Waals surface area contributed by atoms with Gasteiger partial charge in [-0.3, -0.25) is 4.90 Å². The topological polar surface area (TPSA) is 3.24 Å². The molecule has 0 bridgehead atoms. The van der Waals surface area contributed by atoms with Gasteiger partial charge in [0.1, 0.15) is 11.6 Å². The number of benzene rings is 1. The fraction of sp³-hybridized carbons (Fsp3) is 0.500. The lowest BCUT2D eigenvalue weighted by atomic mass is 10.1. The van der Waals surface area contributed by atoms with Crippen molar-refractivity contribution in [3.8, 4) is 0 Å². The van der Waals surface area contributed by atoms with Gasteiger partial charge in [0, 0.05) is 18.7 Å². The number of halogens is 3. The molecule has 88 valence electrons. The van der Waals surface area contributed by atoms with Gasteiger partial charge in [-0.05, 0) is 46.9 Å². The smallest absolute Gasteiger partial charge is 0.144 e. The van der Waals surface area contributed by atoms with Crippen LogP contribution in [0.25, 0.3) is 0 Å². The minimum atomic E-state index is -0.473. The van der Waals surface area contributed by atoms with E-state index in [2.05, 4.69) is 27.8 Å². The summed E-state index contributed by atoms with van der Waals surface area (Å²) in [5, 5.41) is 0. The summed E-state index contributed by atoms with van der Waals surface area (Å²) < 4.78 is 27.5. The van der Waals surface area contributed by atoms with E-state index < -0.39 is 11.6 Å². The predicted molar refractivity (Wildman–Crippen MR) is 63.1 cm³/mol. The molecule has 1 heterocycles. The highest BCUT2D eigenvalue weighted by Gasteiger charge is 2.22. The summed E-state index contributed by atoms with van der Waals surface area (Å²) in [6.45, 7) is 4.37. The highest BCUT2D eigenvalue weighted by molar-refractivity contribution is 9.10. The van der Waals surface area contributed by atoms with E-state index in [9.17, 15) is 8.78 Å². The van der Waals surface area contributed by atoms with E-state index in [4.69, 9.17) is 0 Å². The molecular weight excluding hydrogens is 276 g/mol. The van der Waals surface area contributed by atoms with Crippen LogP contribution in [0.3, 0.4) is 0 Å². The summed E-state index contributed by atoms with van der Waals surface area (Å²) in [7, 11) is 0. The highest BCUT2D eigenvalue weighted by atomic mass is 79.9. The van der Waals surface area contributed by atoms with E-state index in [0.29, 0.717) is 16.9 Å². The van der Waals surface area contributed by atoms with Crippen molar-refractivity contribution in [1.29, 1.82) is 0 Å². The zero-order chi connectivity index (χ0) is 11.7. The average molecular weight is 290 g/mol. The van der Waals surface area contributed by atoms with Crippen LogP contribution in [0.1, 0.15) is 18.9 Å². The van der Waals surface area contributed by atoms with Gasteiger partial charge in [0.2, 0.25) is 0 Å². The molecule has 1 aliphatic rings. The summed E-state index contributed by atoms with van der Waals surface area (Å²) in [6.07, 6.45) is 1.11. The Labute approximate surface area is 103 Å². The van der Waals surface area contributed by atoms with Crippen LogP contribution in [0, 0.1) is 17.6 Å². The third-order valence-corrected chi connectivity index (χ3v) is 3.64. The zero-order valence-corrected chi connectivity index (χ0v) is 10.7. The second-order valence-electron chi connectivity index (χ2n) is 4.45. The average Bonchev–Trinajstić information content (AvgIpc) is 2.65. The van der Waals surface area contributed by atoms with Crippen LogP contribution in [0.2, 0.25) is 0 Å². The van der Waals surface area contributed by atoms with Crippen LogP contribution in [0.5, 0.6) is 0 Å². The normalized spacial score (nSPS) is 21.6. The fourth-order valence-corrected chi connectivity index (χ4v) is 2.48. The molecule has 0 aliphatic carbocycles. The molecule has 1 aromatic carbocycles. The SMILES string of the molecule is CC1CCN(Cc2c(F)ccc(Br)c2F)C1. The molecule has 0 N–H and O–H groups in total. The zero-order valence-electron chi connectivity index (χ0n) is 9.14. The van der Waals surface area contributed by atoms with Crippen LogP contribution < -0.4 is 0 Å². The molecular formula is C12H14BrF2N. The van der Waals surface area contributed by atoms with Crippen molar-refractivity contribution in [3.05, 3.63) is 33.8 Å². The van der Waals surface area contributed by atoms with Crippen LogP contribution in [0.4, 0.5) is 8.78 Å². The molecule has 1 nitrogen and oxygen atoms in total. The van der Waals surface area contributed by atoms with Crippen molar-refractivity contribution < 1.29 is 8.78 Å². The van der Waals surface area contributed by atoms with Gasteiger partial charge in [0.15, 0.2) is 0 Å². The van der Waals surface area contributed by atoms with E-state index in [1.807, 2.05) is 0 Å². The summed E-state index contributed by atoms with van der Waals surface area (Å²) in [5.41, 5.74) is 0.170. The Kier molecular flexibility index (Phi) is 3.60. The number of rotatable bonds is 2. The molecule has 2 rings (SSSR count). The molecule has 1 atom stereocenters. The van der Waals surface area contributed by atoms with Crippen LogP contribution in [-0.4, -0.2) is 18.0 Å². The lowest BCUT2D eigenvalue weighted by Gasteiger charge is -2.16. The van der Waals surface area contributed by atoms with Crippen LogP contribution in [0.15, 0.2) is 16.6 Å². The molecule has 0 spiro atoms. The molecule has 0 aromatic heterocycles. The van der Waals surface area contributed by atoms with Gasteiger partial charge in [-0.2, -0.15) is 0 Å². The van der Waals surface area contributed by atoms with Crippen molar-refractivity contribution in [2.45, 2.75) is 19.9 Å². The fourth-order valence-electron chi connectivity index (χ4n) is 2.11. The largest absolute Gasteiger partial charge is 0.299 e. The Hall–Kier alpha value is -0.480. The van der Waals surface area contributed by atoms with Crippen LogP contribution in [-0.2, 0) is 6.54 Å². The summed E-state index contributed by atoms with van der Waals surface area (Å²) >= 11 is 3.08. The number of nitrogens with zero attached hydrogens (tertiary/aromatic N) is 1. The van der Waals surface area contributed by atoms with Gasteiger partial charge < -0.3 is 0 Å². The minimum absolute atomic E-state index is 0.170. The molecule has 1 unspecified atom stereocenters. The third kappa shape index (κ3) is 2.43. The lowest BCUT2D eigenvalue weighted by molar-refractivity contribution is 0.308. The van der Waals surface area contributed by atoms with Crippen molar-refractivity contribution in [3.63, 3.8) is 0 Å². The Morgan fingerprint density at radius 3 is 2.81 bits per heavy atom. The molecule has 1 fully saturated rings. The van der Waals surface area contributed by atoms with Crippen molar-refractivity contribution in [2.75, 3.05) is 13.1 Å². The van der Waals surface area contributed by atoms with Crippen molar-refractivity contribution >= 4 is 15.9 Å². The predicted octanol–water partition coefficient (Wildman–Crippen LogP) is 3.57. The first-order valence-corrected chi connectivity index (χ1v) is 6.22. The van der Waals surface area contributed by atoms with E-state index in [-0.39, 0.29) is 5.56 Å². The van der Waals surface area contributed by atoms with Crippen molar-refractivity contribution in [2.24, 2.45) is 5.92 Å². The molecule has 4 heteroatoms. The second-order valence-corrected chi connectivity index (χ2v) is 5.31. The Balaban J connectivity index is 2.18. The summed E-state index contributed by atoms with van der Waals surface area (Å²) in [4.78, 5) is 2.10. The highest BCUT2D eigenvalue weighted by Crippen LogP contribution is 2.25. The van der Waals surface area contributed by atoms with E-state index >= 15 is 0 Å². The molecule has 1 saturated heterocycles. The van der Waals surface area contributed by atoms with Crippen LogP contribution >= 0.6 is 15.9 Å². The third-order valence-electron chi connectivity index (χ3n) is 3.03. The van der Waals surface area contributed by atoms with Gasteiger partial charge >= 0.3 is 0 Å². The van der Waals surface area contributed by atoms with E-state index in [0.717, 1.165) is 19.5 Å². The molecule has 1 aromatic rings. The number of hydrogen-bond donors (Lipinski definition) is 0. The number of likely N-dealkylation sites (tertiary alicyclic amines) is 1. The molecule has 0 radical (unpaired) electrons. The Morgan fingerprint density at radius 2 is 2.19 bits per heavy atom. The standard InChI is InChI=1S/C12H14BrF2N/c1-8-4-5-16(6-8)7-9-11(14)3-2-10(13)12(9)15/h2-3,8H,4-7H2,1H3. The van der Waals surface area contributed by atoms with Gasteiger partial charge in [0.05, 0.1) is 4.47 Å². The summed E-state index contributed by atoms with van der Waals surface area (Å²) in [5.74, 6) is -0.307. The number of hydrogen-bond acceptors (Lipinski definition) is 1. The Bertz CT molecular complexity index is 395. The Morgan fingerprint density at radius 1 is 1.44 bits per heavy atom. The molecule has 1 aliphatic heterocycles. The molecule has 0 amide bonds. The quantitative estimate of drug-likeness (QED) is 0.753. The van der Waals surface area contributed by atoms with Crippen molar-refractivity contribution in [1.82, 2.24) is 4.90 Å².